The van der Waals surface area contributed by atoms with Crippen LogP contribution in [0.25, 0.3) is 0 Å². The minimum absolute atomic E-state index is 0.0745. The van der Waals surface area contributed by atoms with Crippen LogP contribution in [0.4, 0.5) is 0 Å². The van der Waals surface area contributed by atoms with Crippen molar-refractivity contribution in [3.63, 3.8) is 0 Å². The summed E-state index contributed by atoms with van der Waals surface area (Å²) < 4.78 is 16.7. The van der Waals surface area contributed by atoms with E-state index in [1.165, 1.54) is 0 Å². The van der Waals surface area contributed by atoms with Crippen LogP contribution >= 0.6 is 11.8 Å². The molecule has 0 aromatic heterocycles. The molecule has 0 bridgehead atoms. The summed E-state index contributed by atoms with van der Waals surface area (Å²) in [4.78, 5) is 12.5. The minimum atomic E-state index is -0.416. The Bertz CT molecular complexity index is 526. The standard InChI is InChI=1S/C14H18N2O4S/c15-16-14(17)12-3-1-9(20-12)8-21-10-2-4-11-13(7-10)19-6-5-18-11/h2,4,7,9,12H,1,3,5-6,8,15H2,(H,16,17). The van der Waals surface area contributed by atoms with Crippen molar-refractivity contribution < 1.29 is 19.0 Å². The van der Waals surface area contributed by atoms with Crippen molar-refractivity contribution in [1.82, 2.24) is 5.43 Å². The van der Waals surface area contributed by atoms with Gasteiger partial charge in [-0.05, 0) is 31.0 Å². The molecule has 2 aliphatic rings. The number of hydrogen-bond donors (Lipinski definition) is 2. The lowest BCUT2D eigenvalue weighted by Gasteiger charge is -2.19. The van der Waals surface area contributed by atoms with E-state index in [1.54, 1.807) is 11.8 Å². The van der Waals surface area contributed by atoms with Gasteiger partial charge >= 0.3 is 0 Å². The molecule has 1 aromatic rings. The first-order valence-electron chi connectivity index (χ1n) is 6.94. The van der Waals surface area contributed by atoms with Crippen LogP contribution in [0.5, 0.6) is 11.5 Å². The lowest BCUT2D eigenvalue weighted by Crippen LogP contribution is -2.39. The molecular weight excluding hydrogens is 292 g/mol. The zero-order chi connectivity index (χ0) is 14.7. The van der Waals surface area contributed by atoms with Gasteiger partial charge in [0, 0.05) is 10.6 Å². The molecule has 1 fully saturated rings. The third kappa shape index (κ3) is 3.42. The molecule has 0 saturated carbocycles. The van der Waals surface area contributed by atoms with E-state index in [9.17, 15) is 4.79 Å². The van der Waals surface area contributed by atoms with Crippen LogP contribution in [0.1, 0.15) is 12.8 Å². The summed E-state index contributed by atoms with van der Waals surface area (Å²) in [5, 5.41) is 0. The van der Waals surface area contributed by atoms with E-state index in [2.05, 4.69) is 5.43 Å². The highest BCUT2D eigenvalue weighted by atomic mass is 32.2. The largest absolute Gasteiger partial charge is 0.486 e. The summed E-state index contributed by atoms with van der Waals surface area (Å²) in [5.74, 6) is 7.25. The Morgan fingerprint density at radius 1 is 1.29 bits per heavy atom. The monoisotopic (exact) mass is 310 g/mol. The predicted molar refractivity (Wildman–Crippen MR) is 78.4 cm³/mol. The number of hydrogen-bond acceptors (Lipinski definition) is 6. The molecule has 1 saturated heterocycles. The van der Waals surface area contributed by atoms with Crippen molar-refractivity contribution in [2.45, 2.75) is 29.9 Å². The Balaban J connectivity index is 1.53. The van der Waals surface area contributed by atoms with Crippen LogP contribution in [0.3, 0.4) is 0 Å². The van der Waals surface area contributed by atoms with Crippen molar-refractivity contribution in [1.29, 1.82) is 0 Å². The Morgan fingerprint density at radius 3 is 2.90 bits per heavy atom. The molecule has 2 unspecified atom stereocenters. The maximum absolute atomic E-state index is 11.4. The molecule has 1 aromatic carbocycles. The summed E-state index contributed by atoms with van der Waals surface area (Å²) in [5.41, 5.74) is 2.13. The first-order valence-corrected chi connectivity index (χ1v) is 7.93. The smallest absolute Gasteiger partial charge is 0.263 e. The van der Waals surface area contributed by atoms with Crippen LogP contribution in [-0.2, 0) is 9.53 Å². The number of hydrazine groups is 1. The Morgan fingerprint density at radius 2 is 2.10 bits per heavy atom. The number of rotatable bonds is 4. The van der Waals surface area contributed by atoms with Crippen LogP contribution < -0.4 is 20.7 Å². The van der Waals surface area contributed by atoms with E-state index >= 15 is 0 Å². The number of carbonyl (C=O) groups is 1. The van der Waals surface area contributed by atoms with Gasteiger partial charge in [0.2, 0.25) is 0 Å². The van der Waals surface area contributed by atoms with Gasteiger partial charge in [0.05, 0.1) is 6.10 Å². The first kappa shape index (κ1) is 14.5. The number of fused-ring (bicyclic) bond motifs is 1. The van der Waals surface area contributed by atoms with Gasteiger partial charge in [0.15, 0.2) is 11.5 Å². The second-order valence-corrected chi connectivity index (χ2v) is 6.04. The number of nitrogens with one attached hydrogen (secondary N) is 1. The Labute approximate surface area is 127 Å². The van der Waals surface area contributed by atoms with Gasteiger partial charge in [-0.3, -0.25) is 10.2 Å². The van der Waals surface area contributed by atoms with Gasteiger partial charge in [-0.2, -0.15) is 0 Å². The third-order valence-corrected chi connectivity index (χ3v) is 4.62. The lowest BCUT2D eigenvalue weighted by molar-refractivity contribution is -0.131. The predicted octanol–water partition coefficient (Wildman–Crippen LogP) is 1.09. The van der Waals surface area contributed by atoms with Crippen molar-refractivity contribution in [3.05, 3.63) is 18.2 Å². The van der Waals surface area contributed by atoms with Gasteiger partial charge < -0.3 is 14.2 Å². The fourth-order valence-corrected chi connectivity index (χ4v) is 3.39. The molecule has 3 N–H and O–H groups in total. The maximum atomic E-state index is 11.4. The zero-order valence-corrected chi connectivity index (χ0v) is 12.4. The average molecular weight is 310 g/mol. The molecule has 0 spiro atoms. The second kappa shape index (κ2) is 6.55. The summed E-state index contributed by atoms with van der Waals surface area (Å²) in [7, 11) is 0. The molecule has 2 atom stereocenters. The highest BCUT2D eigenvalue weighted by Gasteiger charge is 2.30. The Hall–Kier alpha value is -1.44. The molecule has 2 aliphatic heterocycles. The molecule has 1 amide bonds. The number of ether oxygens (including phenoxy) is 3. The quantitative estimate of drug-likeness (QED) is 0.375. The van der Waals surface area contributed by atoms with Crippen molar-refractivity contribution in [3.8, 4) is 11.5 Å². The van der Waals surface area contributed by atoms with Gasteiger partial charge in [-0.25, -0.2) is 5.84 Å². The van der Waals surface area contributed by atoms with Gasteiger partial charge in [0.1, 0.15) is 19.3 Å². The minimum Gasteiger partial charge on any atom is -0.486 e. The summed E-state index contributed by atoms with van der Waals surface area (Å²) in [6.45, 7) is 1.18. The fraction of sp³-hybridized carbons (Fsp3) is 0.500. The van der Waals surface area contributed by atoms with Gasteiger partial charge in [-0.15, -0.1) is 11.8 Å². The maximum Gasteiger partial charge on any atom is 0.263 e. The van der Waals surface area contributed by atoms with E-state index in [4.69, 9.17) is 20.1 Å². The van der Waals surface area contributed by atoms with E-state index in [0.29, 0.717) is 13.2 Å². The molecule has 0 radical (unpaired) electrons. The number of carbonyl (C=O) groups excluding carboxylic acids is 1. The molecule has 3 rings (SSSR count). The van der Waals surface area contributed by atoms with Crippen molar-refractivity contribution in [2.24, 2.45) is 5.84 Å². The first-order chi connectivity index (χ1) is 10.3. The normalized spacial score (nSPS) is 23.9. The molecule has 7 heteroatoms. The fourth-order valence-electron chi connectivity index (χ4n) is 2.42. The average Bonchev–Trinajstić information content (AvgIpc) is 3.01. The number of thioether (sulfide) groups is 1. The number of amides is 1. The zero-order valence-electron chi connectivity index (χ0n) is 11.5. The summed E-state index contributed by atoms with van der Waals surface area (Å²) in [6.07, 6.45) is 1.25. The third-order valence-electron chi connectivity index (χ3n) is 3.49. The molecule has 6 nitrogen and oxygen atoms in total. The van der Waals surface area contributed by atoms with Crippen LogP contribution in [0.2, 0.25) is 0 Å². The molecule has 2 heterocycles. The van der Waals surface area contributed by atoms with E-state index in [1.807, 2.05) is 18.2 Å². The van der Waals surface area contributed by atoms with Crippen LogP contribution in [0, 0.1) is 0 Å². The summed E-state index contributed by atoms with van der Waals surface area (Å²) in [6, 6.07) is 5.92. The van der Waals surface area contributed by atoms with Crippen LogP contribution in [0.15, 0.2) is 23.1 Å². The molecule has 0 aliphatic carbocycles. The lowest BCUT2D eigenvalue weighted by atomic mass is 10.2. The van der Waals surface area contributed by atoms with E-state index in [-0.39, 0.29) is 12.0 Å². The van der Waals surface area contributed by atoms with Crippen LogP contribution in [-0.4, -0.2) is 37.1 Å². The molecule has 114 valence electrons. The highest BCUT2D eigenvalue weighted by Crippen LogP contribution is 2.35. The summed E-state index contributed by atoms with van der Waals surface area (Å²) >= 11 is 1.69. The molecular formula is C14H18N2O4S. The molecule has 21 heavy (non-hydrogen) atoms. The van der Waals surface area contributed by atoms with Gasteiger partial charge in [-0.1, -0.05) is 0 Å². The Kier molecular flexibility index (Phi) is 4.52. The number of nitrogens with two attached hydrogens (primary N) is 1. The highest BCUT2D eigenvalue weighted by molar-refractivity contribution is 7.99. The SMILES string of the molecule is NNC(=O)C1CCC(CSc2ccc3c(c2)OCCO3)O1. The van der Waals surface area contributed by atoms with Gasteiger partial charge in [0.25, 0.3) is 5.91 Å². The van der Waals surface area contributed by atoms with Crippen molar-refractivity contribution >= 4 is 17.7 Å². The topological polar surface area (TPSA) is 82.8 Å². The van der Waals surface area contributed by atoms with E-state index < -0.39 is 6.10 Å². The van der Waals surface area contributed by atoms with Crippen molar-refractivity contribution in [2.75, 3.05) is 19.0 Å². The van der Waals surface area contributed by atoms with E-state index in [0.717, 1.165) is 35.0 Å². The number of benzene rings is 1. The second-order valence-electron chi connectivity index (χ2n) is 4.95.